The van der Waals surface area contributed by atoms with Crippen LogP contribution >= 0.6 is 0 Å². The van der Waals surface area contributed by atoms with Gasteiger partial charge < -0.3 is 10.2 Å². The van der Waals surface area contributed by atoms with Crippen LogP contribution in [-0.4, -0.2) is 30.6 Å². The average Bonchev–Trinajstić information content (AvgIpc) is 1.36. The van der Waals surface area contributed by atoms with E-state index in [0.717, 1.165) is 0 Å². The highest BCUT2D eigenvalue weighted by molar-refractivity contribution is 6.27. The Morgan fingerprint density at radius 2 is 1.14 bits per heavy atom. The highest BCUT2D eigenvalue weighted by atomic mass is 16.4. The summed E-state index contributed by atoms with van der Waals surface area (Å²) in [5, 5.41) is 14.8. The number of carboxylic acids is 2. The summed E-state index contributed by atoms with van der Waals surface area (Å²) in [5.74, 6) is -3.65. The fourth-order valence-corrected chi connectivity index (χ4v) is 0. The molecule has 0 aliphatic rings. The molecule has 0 bridgehead atoms. The number of aliphatic carboxylic acids is 2. The number of hydrogen-bond donors (Lipinski definition) is 2. The molecule has 0 aromatic carbocycles. The zero-order chi connectivity index (χ0) is 5.15. The van der Waals surface area contributed by atoms with Crippen molar-refractivity contribution in [3.05, 3.63) is 0 Å². The van der Waals surface area contributed by atoms with Gasteiger partial charge in [0.25, 0.3) is 0 Å². The Bertz CT molecular complexity index is 75.7. The topological polar surface area (TPSA) is 74.6 Å². The Balaban J connectivity index is 0. The lowest BCUT2D eigenvalue weighted by Crippen LogP contribution is -2.09. The van der Waals surface area contributed by atoms with Gasteiger partial charge in [-0.2, -0.15) is 0 Å². The summed E-state index contributed by atoms with van der Waals surface area (Å²) < 4.78 is 0. The van der Waals surface area contributed by atoms with E-state index in [2.05, 4.69) is 0 Å². The molecule has 0 aromatic rings. The number of carboxylic acid groups (broad SMARTS) is 2. The van der Waals surface area contributed by atoms with Gasteiger partial charge in [0.15, 0.2) is 0 Å². The second kappa shape index (κ2) is 3.20. The standard InChI is InChI=1S/C2H2O4.BH3/c3-1(4)2(5)6;/h(H,3,4)(H,5,6);1H3. The van der Waals surface area contributed by atoms with Crippen molar-refractivity contribution in [2.75, 3.05) is 0 Å². The number of hydrogen-bond acceptors (Lipinski definition) is 2. The maximum atomic E-state index is 9.10. The van der Waals surface area contributed by atoms with Crippen LogP contribution in [0.4, 0.5) is 0 Å². The highest BCUT2D eigenvalue weighted by Crippen LogP contribution is 1.56. The SMILES string of the molecule is B.O=C(O)C(=O)O. The van der Waals surface area contributed by atoms with Crippen LogP contribution in [0.15, 0.2) is 0 Å². The van der Waals surface area contributed by atoms with Crippen LogP contribution in [0.3, 0.4) is 0 Å². The minimum Gasteiger partial charge on any atom is -0.473 e. The van der Waals surface area contributed by atoms with Gasteiger partial charge in [-0.25, -0.2) is 9.59 Å². The number of rotatable bonds is 0. The molecule has 0 saturated carbocycles. The molecule has 7 heavy (non-hydrogen) atoms. The molecule has 2 N–H and O–H groups in total. The molecule has 4 nitrogen and oxygen atoms in total. The second-order valence-corrected chi connectivity index (χ2v) is 0.610. The molecule has 0 amide bonds. The van der Waals surface area contributed by atoms with Gasteiger partial charge in [-0.3, -0.25) is 0 Å². The quantitative estimate of drug-likeness (QED) is 0.274. The van der Waals surface area contributed by atoms with Gasteiger partial charge in [-0.05, 0) is 0 Å². The van der Waals surface area contributed by atoms with Gasteiger partial charge >= 0.3 is 11.9 Å². The van der Waals surface area contributed by atoms with E-state index >= 15 is 0 Å². The third-order valence-corrected chi connectivity index (χ3v) is 0.183. The monoisotopic (exact) mass is 104 g/mol. The summed E-state index contributed by atoms with van der Waals surface area (Å²) in [4.78, 5) is 18.2. The van der Waals surface area contributed by atoms with E-state index in [0.29, 0.717) is 0 Å². The zero-order valence-electron chi connectivity index (χ0n) is 2.71. The minimum absolute atomic E-state index is 0. The molecule has 0 aliphatic carbocycles. The predicted octanol–water partition coefficient (Wildman–Crippen LogP) is -2.03. The lowest BCUT2D eigenvalue weighted by Gasteiger charge is -1.72. The van der Waals surface area contributed by atoms with Crippen molar-refractivity contribution in [2.45, 2.75) is 0 Å². The molecular formula is C2H5BO4. The van der Waals surface area contributed by atoms with E-state index in [-0.39, 0.29) is 8.41 Å². The zero-order valence-corrected chi connectivity index (χ0v) is 2.71. The molecule has 0 radical (unpaired) electrons. The van der Waals surface area contributed by atoms with Crippen molar-refractivity contribution >= 4 is 20.4 Å². The third-order valence-electron chi connectivity index (χ3n) is 0.183. The molecule has 0 heterocycles. The largest absolute Gasteiger partial charge is 0.473 e. The van der Waals surface area contributed by atoms with Crippen LogP contribution in [0.1, 0.15) is 0 Å². The summed E-state index contributed by atoms with van der Waals surface area (Å²) in [6.45, 7) is 0. The predicted molar refractivity (Wildman–Crippen MR) is 25.2 cm³/mol. The van der Waals surface area contributed by atoms with Crippen LogP contribution in [-0.2, 0) is 9.59 Å². The van der Waals surface area contributed by atoms with Crippen LogP contribution in [0.25, 0.3) is 0 Å². The first-order chi connectivity index (χ1) is 2.64. The van der Waals surface area contributed by atoms with Crippen LogP contribution in [0.2, 0.25) is 0 Å². The van der Waals surface area contributed by atoms with Crippen molar-refractivity contribution in [3.8, 4) is 0 Å². The van der Waals surface area contributed by atoms with Gasteiger partial charge in [0.1, 0.15) is 0 Å². The first-order valence-corrected chi connectivity index (χ1v) is 1.11. The lowest BCUT2D eigenvalue weighted by molar-refractivity contribution is -0.159. The Morgan fingerprint density at radius 3 is 1.14 bits per heavy atom. The molecule has 0 rings (SSSR count). The molecule has 0 fully saturated rings. The van der Waals surface area contributed by atoms with E-state index < -0.39 is 11.9 Å². The van der Waals surface area contributed by atoms with E-state index in [9.17, 15) is 0 Å². The summed E-state index contributed by atoms with van der Waals surface area (Å²) in [6, 6.07) is 0. The molecule has 0 saturated heterocycles. The van der Waals surface area contributed by atoms with Crippen molar-refractivity contribution in [1.82, 2.24) is 0 Å². The van der Waals surface area contributed by atoms with Crippen molar-refractivity contribution < 1.29 is 19.8 Å². The minimum atomic E-state index is -1.82. The summed E-state index contributed by atoms with van der Waals surface area (Å²) in [5.41, 5.74) is 0. The Morgan fingerprint density at radius 1 is 1.00 bits per heavy atom. The Hall–Kier alpha value is -0.995. The smallest absolute Gasteiger partial charge is 0.414 e. The summed E-state index contributed by atoms with van der Waals surface area (Å²) in [6.07, 6.45) is 0. The maximum Gasteiger partial charge on any atom is 0.414 e. The summed E-state index contributed by atoms with van der Waals surface area (Å²) in [7, 11) is 0. The molecule has 0 aromatic heterocycles. The summed E-state index contributed by atoms with van der Waals surface area (Å²) >= 11 is 0. The first-order valence-electron chi connectivity index (χ1n) is 1.11. The molecule has 5 heteroatoms. The van der Waals surface area contributed by atoms with Crippen LogP contribution in [0.5, 0.6) is 0 Å². The fraction of sp³-hybridized carbons (Fsp3) is 0. The molecule has 0 aliphatic heterocycles. The molecule has 0 atom stereocenters. The van der Waals surface area contributed by atoms with Crippen LogP contribution < -0.4 is 0 Å². The van der Waals surface area contributed by atoms with Crippen molar-refractivity contribution in [1.29, 1.82) is 0 Å². The van der Waals surface area contributed by atoms with E-state index in [4.69, 9.17) is 19.8 Å². The Kier molecular flexibility index (Phi) is 4.29. The van der Waals surface area contributed by atoms with E-state index in [1.807, 2.05) is 0 Å². The second-order valence-electron chi connectivity index (χ2n) is 0.610. The van der Waals surface area contributed by atoms with Crippen molar-refractivity contribution in [3.63, 3.8) is 0 Å². The average molecular weight is 104 g/mol. The van der Waals surface area contributed by atoms with Crippen LogP contribution in [0, 0.1) is 0 Å². The van der Waals surface area contributed by atoms with E-state index in [1.54, 1.807) is 0 Å². The van der Waals surface area contributed by atoms with Gasteiger partial charge in [-0.1, -0.05) is 0 Å². The maximum absolute atomic E-state index is 9.10. The van der Waals surface area contributed by atoms with Gasteiger partial charge in [0, 0.05) is 0 Å². The van der Waals surface area contributed by atoms with Gasteiger partial charge in [0.05, 0.1) is 8.41 Å². The normalized spacial score (nSPS) is 6.29. The van der Waals surface area contributed by atoms with Gasteiger partial charge in [0.2, 0.25) is 0 Å². The molecule has 0 spiro atoms. The fourth-order valence-electron chi connectivity index (χ4n) is 0. The first kappa shape index (κ1) is 9.38. The molecule has 40 valence electrons. The highest BCUT2D eigenvalue weighted by Gasteiger charge is 2.04. The van der Waals surface area contributed by atoms with Gasteiger partial charge in [-0.15, -0.1) is 0 Å². The third kappa shape index (κ3) is 5.00. The number of carbonyl (C=O) groups is 2. The molecule has 0 unspecified atom stereocenters. The lowest BCUT2D eigenvalue weighted by atomic mass is 10.7. The Labute approximate surface area is 41.3 Å². The van der Waals surface area contributed by atoms with E-state index in [1.165, 1.54) is 0 Å². The van der Waals surface area contributed by atoms with Crippen molar-refractivity contribution in [2.24, 2.45) is 0 Å². The molecular weight excluding hydrogens is 98.8 g/mol.